The van der Waals surface area contributed by atoms with Crippen molar-refractivity contribution in [1.29, 1.82) is 0 Å². The predicted molar refractivity (Wildman–Crippen MR) is 84.9 cm³/mol. The van der Waals surface area contributed by atoms with E-state index in [2.05, 4.69) is 32.9 Å². The molecule has 1 aromatic heterocycles. The number of carbonyl (C=O) groups is 1. The monoisotopic (exact) mass is 416 g/mol. The van der Waals surface area contributed by atoms with E-state index < -0.39 is 11.7 Å². The largest absolute Gasteiger partial charge is 0.444 e. The van der Waals surface area contributed by atoms with E-state index in [0.717, 1.165) is 9.13 Å². The third-order valence-electron chi connectivity index (χ3n) is 2.03. The van der Waals surface area contributed by atoms with E-state index in [4.69, 9.17) is 27.9 Å². The van der Waals surface area contributed by atoms with Crippen molar-refractivity contribution < 1.29 is 9.53 Å². The van der Waals surface area contributed by atoms with E-state index in [1.165, 1.54) is 0 Å². The summed E-state index contributed by atoms with van der Waals surface area (Å²) in [5, 5.41) is 3.40. The highest BCUT2D eigenvalue weighted by Gasteiger charge is 2.16. The predicted octanol–water partition coefficient (Wildman–Crippen LogP) is 4.06. The van der Waals surface area contributed by atoms with Crippen LogP contribution >= 0.6 is 45.8 Å². The van der Waals surface area contributed by atoms with Gasteiger partial charge in [-0.05, 0) is 55.8 Å². The van der Waals surface area contributed by atoms with Crippen molar-refractivity contribution in [2.45, 2.75) is 32.8 Å². The molecule has 0 bridgehead atoms. The number of hydrogen-bond donors (Lipinski definition) is 1. The Bertz CT molecular complexity index is 452. The molecule has 0 aliphatic rings. The van der Waals surface area contributed by atoms with Gasteiger partial charge in [-0.1, -0.05) is 23.2 Å². The summed E-state index contributed by atoms with van der Waals surface area (Å²) in [6, 6.07) is 1.73. The Kier molecular flexibility index (Phi) is 6.14. The van der Waals surface area contributed by atoms with Crippen LogP contribution in [0.2, 0.25) is 10.3 Å². The molecule has 0 aromatic carbocycles. The van der Waals surface area contributed by atoms with Crippen molar-refractivity contribution in [3.63, 3.8) is 0 Å². The standard InChI is InChI=1S/C12H15Cl2IN2O2/c1-12(2,3)19-11(18)16-5-4-7-8(15)6-9(13)17-10(7)14/h6H,4-5H2,1-3H3,(H,16,18). The Morgan fingerprint density at radius 1 is 1.47 bits per heavy atom. The van der Waals surface area contributed by atoms with Crippen LogP contribution < -0.4 is 5.32 Å². The van der Waals surface area contributed by atoms with E-state index in [9.17, 15) is 4.79 Å². The van der Waals surface area contributed by atoms with Gasteiger partial charge in [0.05, 0.1) is 0 Å². The molecular formula is C12H15Cl2IN2O2. The van der Waals surface area contributed by atoms with Crippen molar-refractivity contribution in [2.75, 3.05) is 6.54 Å². The molecule has 0 saturated heterocycles. The third-order valence-corrected chi connectivity index (χ3v) is 3.50. The molecule has 0 atom stereocenters. The minimum absolute atomic E-state index is 0.359. The van der Waals surface area contributed by atoms with Gasteiger partial charge in [0.1, 0.15) is 15.9 Å². The number of nitrogens with one attached hydrogen (secondary N) is 1. The maximum Gasteiger partial charge on any atom is 0.407 e. The van der Waals surface area contributed by atoms with Gasteiger partial charge in [-0.25, -0.2) is 9.78 Å². The summed E-state index contributed by atoms with van der Waals surface area (Å²) in [6.45, 7) is 5.87. The lowest BCUT2D eigenvalue weighted by Gasteiger charge is -2.19. The molecule has 106 valence electrons. The van der Waals surface area contributed by atoms with Crippen molar-refractivity contribution in [1.82, 2.24) is 10.3 Å². The summed E-state index contributed by atoms with van der Waals surface area (Å²) >= 11 is 13.9. The molecule has 4 nitrogen and oxygen atoms in total. The first-order valence-corrected chi connectivity index (χ1v) is 7.50. The minimum atomic E-state index is -0.502. The fraction of sp³-hybridized carbons (Fsp3) is 0.500. The Morgan fingerprint density at radius 3 is 2.63 bits per heavy atom. The number of halogens is 3. The van der Waals surface area contributed by atoms with Gasteiger partial charge < -0.3 is 10.1 Å². The van der Waals surface area contributed by atoms with Gasteiger partial charge in [0, 0.05) is 15.7 Å². The lowest BCUT2D eigenvalue weighted by molar-refractivity contribution is 0.0528. The van der Waals surface area contributed by atoms with Crippen molar-refractivity contribution >= 4 is 51.9 Å². The molecule has 0 spiro atoms. The zero-order valence-corrected chi connectivity index (χ0v) is 14.6. The lowest BCUT2D eigenvalue weighted by Crippen LogP contribution is -2.33. The van der Waals surface area contributed by atoms with Crippen LogP contribution in [0.4, 0.5) is 4.79 Å². The zero-order valence-electron chi connectivity index (χ0n) is 10.9. The number of aromatic nitrogens is 1. The van der Waals surface area contributed by atoms with Gasteiger partial charge >= 0.3 is 6.09 Å². The highest BCUT2D eigenvalue weighted by molar-refractivity contribution is 14.1. The fourth-order valence-electron chi connectivity index (χ4n) is 1.31. The normalized spacial score (nSPS) is 11.3. The summed E-state index contributed by atoms with van der Waals surface area (Å²) in [7, 11) is 0. The van der Waals surface area contributed by atoms with Crippen molar-refractivity contribution in [3.05, 3.63) is 25.5 Å². The average molecular weight is 417 g/mol. The van der Waals surface area contributed by atoms with E-state index in [1.54, 1.807) is 6.07 Å². The Labute approximate surface area is 136 Å². The molecule has 19 heavy (non-hydrogen) atoms. The quantitative estimate of drug-likeness (QED) is 0.597. The molecular weight excluding hydrogens is 402 g/mol. The smallest absolute Gasteiger partial charge is 0.407 e. The summed E-state index contributed by atoms with van der Waals surface area (Å²) < 4.78 is 6.06. The molecule has 1 N–H and O–H groups in total. The van der Waals surface area contributed by atoms with Crippen LogP contribution in [0.3, 0.4) is 0 Å². The number of carbonyl (C=O) groups excluding carboxylic acids is 1. The number of amides is 1. The van der Waals surface area contributed by atoms with Crippen LogP contribution in [0, 0.1) is 3.57 Å². The summed E-state index contributed by atoms with van der Waals surface area (Å²) in [4.78, 5) is 15.4. The maximum absolute atomic E-state index is 11.5. The molecule has 0 aliphatic carbocycles. The van der Waals surface area contributed by atoms with Gasteiger partial charge in [0.15, 0.2) is 0 Å². The van der Waals surface area contributed by atoms with Gasteiger partial charge in [-0.3, -0.25) is 0 Å². The molecule has 0 unspecified atom stereocenters. The van der Waals surface area contributed by atoms with Crippen LogP contribution in [0.1, 0.15) is 26.3 Å². The SMILES string of the molecule is CC(C)(C)OC(=O)NCCc1c(I)cc(Cl)nc1Cl. The van der Waals surface area contributed by atoms with Crippen LogP contribution in [0.15, 0.2) is 6.07 Å². The lowest BCUT2D eigenvalue weighted by atomic mass is 10.2. The van der Waals surface area contributed by atoms with Gasteiger partial charge in [-0.15, -0.1) is 0 Å². The number of nitrogens with zero attached hydrogens (tertiary/aromatic N) is 1. The highest BCUT2D eigenvalue weighted by Crippen LogP contribution is 2.23. The topological polar surface area (TPSA) is 51.2 Å². The van der Waals surface area contributed by atoms with Gasteiger partial charge in [-0.2, -0.15) is 0 Å². The van der Waals surface area contributed by atoms with Crippen LogP contribution in [-0.2, 0) is 11.2 Å². The molecule has 1 heterocycles. The maximum atomic E-state index is 11.5. The van der Waals surface area contributed by atoms with E-state index >= 15 is 0 Å². The second kappa shape index (κ2) is 6.95. The fourth-order valence-corrected chi connectivity index (χ4v) is 3.00. The number of ether oxygens (including phenoxy) is 1. The summed E-state index contributed by atoms with van der Waals surface area (Å²) in [5.74, 6) is 0. The van der Waals surface area contributed by atoms with Gasteiger partial charge in [0.25, 0.3) is 0 Å². The molecule has 0 fully saturated rings. The van der Waals surface area contributed by atoms with E-state index in [1.807, 2.05) is 20.8 Å². The molecule has 1 amide bonds. The van der Waals surface area contributed by atoms with Crippen LogP contribution in [0.25, 0.3) is 0 Å². The first-order valence-electron chi connectivity index (χ1n) is 5.66. The average Bonchev–Trinajstić information content (AvgIpc) is 2.19. The van der Waals surface area contributed by atoms with Gasteiger partial charge in [0.2, 0.25) is 0 Å². The highest BCUT2D eigenvalue weighted by atomic mass is 127. The molecule has 1 rings (SSSR count). The van der Waals surface area contributed by atoms with E-state index in [0.29, 0.717) is 23.3 Å². The zero-order chi connectivity index (χ0) is 14.6. The second-order valence-corrected chi connectivity index (χ2v) is 6.78. The second-order valence-electron chi connectivity index (χ2n) is 4.87. The number of rotatable bonds is 3. The van der Waals surface area contributed by atoms with E-state index in [-0.39, 0.29) is 0 Å². The number of alkyl carbamates (subject to hydrolysis) is 1. The Hall–Kier alpha value is -0.270. The van der Waals surface area contributed by atoms with Crippen LogP contribution in [-0.4, -0.2) is 23.2 Å². The minimum Gasteiger partial charge on any atom is -0.444 e. The molecule has 7 heteroatoms. The Balaban J connectivity index is 2.52. The number of pyridine rings is 1. The van der Waals surface area contributed by atoms with Crippen molar-refractivity contribution in [3.8, 4) is 0 Å². The Morgan fingerprint density at radius 2 is 2.11 bits per heavy atom. The first kappa shape index (κ1) is 16.8. The first-order chi connectivity index (χ1) is 8.69. The van der Waals surface area contributed by atoms with Crippen molar-refractivity contribution in [2.24, 2.45) is 0 Å². The van der Waals surface area contributed by atoms with Crippen LogP contribution in [0.5, 0.6) is 0 Å². The summed E-state index contributed by atoms with van der Waals surface area (Å²) in [5.41, 5.74) is 0.362. The summed E-state index contributed by atoms with van der Waals surface area (Å²) in [6.07, 6.45) is 0.126. The molecule has 0 saturated carbocycles. The number of hydrogen-bond acceptors (Lipinski definition) is 3. The third kappa shape index (κ3) is 6.14. The molecule has 0 radical (unpaired) electrons. The molecule has 1 aromatic rings. The molecule has 0 aliphatic heterocycles.